The van der Waals surface area contributed by atoms with E-state index in [2.05, 4.69) is 4.98 Å². The van der Waals surface area contributed by atoms with E-state index in [4.69, 9.17) is 11.6 Å². The number of carbonyl (C=O) groups is 1. The number of hydrogen-bond donors (Lipinski definition) is 0. The van der Waals surface area contributed by atoms with E-state index in [0.29, 0.717) is 39.9 Å². The van der Waals surface area contributed by atoms with Crippen molar-refractivity contribution in [2.24, 2.45) is 0 Å². The minimum absolute atomic E-state index is 0.105. The highest BCUT2D eigenvalue weighted by molar-refractivity contribution is 7.91. The summed E-state index contributed by atoms with van der Waals surface area (Å²) in [5.41, 5.74) is -0.794. The van der Waals surface area contributed by atoms with Crippen LogP contribution in [-0.4, -0.2) is 35.6 Å². The van der Waals surface area contributed by atoms with Gasteiger partial charge >= 0.3 is 6.18 Å². The van der Waals surface area contributed by atoms with E-state index in [1.54, 1.807) is 12.3 Å². The molecule has 0 amide bonds. The first kappa shape index (κ1) is 25.3. The van der Waals surface area contributed by atoms with Crippen molar-refractivity contribution in [1.82, 2.24) is 9.29 Å². The van der Waals surface area contributed by atoms with E-state index in [9.17, 15) is 26.4 Å². The molecule has 1 aliphatic rings. The topological polar surface area (TPSA) is 67.3 Å². The number of aryl methyl sites for hydroxylation is 1. The fraction of sp³-hybridized carbons (Fsp3) is 0.364. The maximum Gasteiger partial charge on any atom is 0.416 e. The first-order valence-corrected chi connectivity index (χ1v) is 13.9. The third-order valence-electron chi connectivity index (χ3n) is 5.89. The molecular weight excluding hydrogens is 529 g/mol. The Kier molecular flexibility index (Phi) is 6.96. The second-order valence-electron chi connectivity index (χ2n) is 8.14. The van der Waals surface area contributed by atoms with Gasteiger partial charge in [0, 0.05) is 30.3 Å². The van der Waals surface area contributed by atoms with Gasteiger partial charge in [0.2, 0.25) is 0 Å². The second-order valence-corrected chi connectivity index (χ2v) is 12.9. The van der Waals surface area contributed by atoms with Crippen molar-refractivity contribution in [2.75, 3.05) is 6.54 Å². The van der Waals surface area contributed by atoms with E-state index < -0.39 is 27.3 Å². The molecule has 1 fully saturated rings. The van der Waals surface area contributed by atoms with Crippen molar-refractivity contribution in [3.05, 3.63) is 56.7 Å². The number of sulfonamides is 1. The highest BCUT2D eigenvalue weighted by atomic mass is 35.5. The van der Waals surface area contributed by atoms with Gasteiger partial charge in [-0.15, -0.1) is 22.7 Å². The minimum atomic E-state index is -4.40. The molecule has 0 bridgehead atoms. The SMILES string of the molecule is C[C@@]1(C(=O)CCc2nc(-c3ccc(C(F)(F)F)cc3)cs2)CCCN1S(=O)(=O)c1ccc(Cl)s1. The Balaban J connectivity index is 1.45. The van der Waals surface area contributed by atoms with Crippen molar-refractivity contribution in [2.45, 2.75) is 48.5 Å². The van der Waals surface area contributed by atoms with Crippen LogP contribution >= 0.6 is 34.3 Å². The number of alkyl halides is 3. The number of hydrogen-bond acceptors (Lipinski definition) is 6. The molecule has 3 aromatic rings. The predicted octanol–water partition coefficient (Wildman–Crippen LogP) is 6.29. The first-order valence-electron chi connectivity index (χ1n) is 10.3. The number of carbonyl (C=O) groups excluding carboxylic acids is 1. The molecule has 1 atom stereocenters. The van der Waals surface area contributed by atoms with E-state index in [-0.39, 0.29) is 23.0 Å². The van der Waals surface area contributed by atoms with Gasteiger partial charge in [0.25, 0.3) is 10.0 Å². The zero-order valence-corrected chi connectivity index (χ0v) is 21.1. The molecule has 0 aliphatic carbocycles. The molecule has 182 valence electrons. The van der Waals surface area contributed by atoms with Crippen molar-refractivity contribution in [1.29, 1.82) is 0 Å². The molecule has 1 saturated heterocycles. The number of rotatable bonds is 7. The van der Waals surface area contributed by atoms with Crippen LogP contribution in [0.2, 0.25) is 4.34 Å². The van der Waals surface area contributed by atoms with Crippen LogP contribution in [0.1, 0.15) is 36.8 Å². The Morgan fingerprint density at radius 1 is 1.21 bits per heavy atom. The highest BCUT2D eigenvalue weighted by Crippen LogP contribution is 2.39. The van der Waals surface area contributed by atoms with Gasteiger partial charge in [-0.25, -0.2) is 13.4 Å². The van der Waals surface area contributed by atoms with Crippen LogP contribution in [0, 0.1) is 0 Å². The van der Waals surface area contributed by atoms with Crippen molar-refractivity contribution in [3.8, 4) is 11.3 Å². The maximum atomic E-state index is 13.2. The lowest BCUT2D eigenvalue weighted by molar-refractivity contribution is -0.137. The van der Waals surface area contributed by atoms with Gasteiger partial charge in [-0.1, -0.05) is 23.7 Å². The van der Waals surface area contributed by atoms with Crippen LogP contribution in [0.5, 0.6) is 0 Å². The van der Waals surface area contributed by atoms with Gasteiger partial charge in [0.1, 0.15) is 4.21 Å². The quantitative estimate of drug-likeness (QED) is 0.348. The molecule has 3 heterocycles. The Labute approximate surface area is 208 Å². The average Bonchev–Trinajstić information content (AvgIpc) is 3.52. The van der Waals surface area contributed by atoms with Gasteiger partial charge in [-0.2, -0.15) is 17.5 Å². The summed E-state index contributed by atoms with van der Waals surface area (Å²) < 4.78 is 66.3. The predicted molar refractivity (Wildman–Crippen MR) is 127 cm³/mol. The summed E-state index contributed by atoms with van der Waals surface area (Å²) in [6.07, 6.45) is -2.97. The number of thiophene rings is 1. The monoisotopic (exact) mass is 548 g/mol. The number of benzene rings is 1. The van der Waals surface area contributed by atoms with E-state index in [0.717, 1.165) is 23.5 Å². The normalized spacial score (nSPS) is 19.6. The molecule has 34 heavy (non-hydrogen) atoms. The number of aromatic nitrogens is 1. The van der Waals surface area contributed by atoms with Crippen molar-refractivity contribution < 1.29 is 26.4 Å². The molecule has 2 aromatic heterocycles. The van der Waals surface area contributed by atoms with E-state index >= 15 is 0 Å². The average molecular weight is 549 g/mol. The van der Waals surface area contributed by atoms with Crippen LogP contribution in [0.25, 0.3) is 11.3 Å². The fourth-order valence-electron chi connectivity index (χ4n) is 4.03. The smallest absolute Gasteiger partial charge is 0.298 e. The number of halogens is 4. The Morgan fingerprint density at radius 2 is 1.91 bits per heavy atom. The van der Waals surface area contributed by atoms with Crippen LogP contribution in [0.15, 0.2) is 46.0 Å². The molecule has 12 heteroatoms. The third kappa shape index (κ3) is 4.94. The Bertz CT molecular complexity index is 1300. The summed E-state index contributed by atoms with van der Waals surface area (Å²) >= 11 is 8.18. The van der Waals surface area contributed by atoms with Gasteiger partial charge in [0.15, 0.2) is 5.78 Å². The Hall–Kier alpha value is -1.79. The molecule has 5 nitrogen and oxygen atoms in total. The Morgan fingerprint density at radius 3 is 2.53 bits per heavy atom. The fourth-order valence-corrected chi connectivity index (χ4v) is 8.26. The molecule has 0 spiro atoms. The summed E-state index contributed by atoms with van der Waals surface area (Å²) in [5.74, 6) is -0.192. The lowest BCUT2D eigenvalue weighted by atomic mass is 9.92. The summed E-state index contributed by atoms with van der Waals surface area (Å²) in [6, 6.07) is 7.72. The molecule has 4 rings (SSSR count). The van der Waals surface area contributed by atoms with Crippen LogP contribution in [0.4, 0.5) is 13.2 Å². The lowest BCUT2D eigenvalue weighted by Gasteiger charge is -2.32. The maximum absolute atomic E-state index is 13.2. The molecule has 0 radical (unpaired) electrons. The van der Waals surface area contributed by atoms with Gasteiger partial charge in [-0.3, -0.25) is 4.79 Å². The summed E-state index contributed by atoms with van der Waals surface area (Å²) in [4.78, 5) is 17.6. The molecular formula is C22H20ClF3N2O3S3. The van der Waals surface area contributed by atoms with Crippen LogP contribution in [0.3, 0.4) is 0 Å². The summed E-state index contributed by atoms with van der Waals surface area (Å²) in [5, 5.41) is 2.39. The summed E-state index contributed by atoms with van der Waals surface area (Å²) in [7, 11) is -3.85. The molecule has 0 N–H and O–H groups in total. The van der Waals surface area contributed by atoms with Crippen molar-refractivity contribution in [3.63, 3.8) is 0 Å². The zero-order chi connectivity index (χ0) is 24.7. The second kappa shape index (κ2) is 9.34. The molecule has 1 aliphatic heterocycles. The van der Waals surface area contributed by atoms with E-state index in [1.807, 2.05) is 0 Å². The number of ketones is 1. The molecule has 0 unspecified atom stereocenters. The first-order chi connectivity index (χ1) is 15.9. The van der Waals surface area contributed by atoms with Gasteiger partial charge in [-0.05, 0) is 44.0 Å². The number of thiazole rings is 1. The zero-order valence-electron chi connectivity index (χ0n) is 17.9. The van der Waals surface area contributed by atoms with Crippen molar-refractivity contribution >= 4 is 50.1 Å². The third-order valence-corrected chi connectivity index (χ3v) is 10.5. The van der Waals surface area contributed by atoms with Crippen LogP contribution < -0.4 is 0 Å². The lowest BCUT2D eigenvalue weighted by Crippen LogP contribution is -2.50. The summed E-state index contributed by atoms with van der Waals surface area (Å²) in [6.45, 7) is 1.92. The minimum Gasteiger partial charge on any atom is -0.298 e. The standard InChI is InChI=1S/C22H20ClF3N2O3S3/c1-21(11-2-12-28(21)34(30,31)20-10-8-18(23)33-20)17(29)7-9-19-27-16(13-32-19)14-3-5-15(6-4-14)22(24,25)26/h3-6,8,10,13H,2,7,9,11-12H2,1H3/t21-/m0/s1. The van der Waals surface area contributed by atoms with Gasteiger partial charge in [0.05, 0.1) is 26.1 Å². The largest absolute Gasteiger partial charge is 0.416 e. The van der Waals surface area contributed by atoms with Gasteiger partial charge < -0.3 is 0 Å². The number of Topliss-reactive ketones (excluding diaryl/α,β-unsaturated/α-hetero) is 1. The van der Waals surface area contributed by atoms with Crippen LogP contribution in [-0.2, 0) is 27.4 Å². The van der Waals surface area contributed by atoms with E-state index in [1.165, 1.54) is 39.9 Å². The highest BCUT2D eigenvalue weighted by Gasteiger charge is 2.49. The molecule has 1 aromatic carbocycles. The number of nitrogens with zero attached hydrogens (tertiary/aromatic N) is 2. The molecule has 0 saturated carbocycles.